The number of ether oxygens (including phenoxy) is 5. The van der Waals surface area contributed by atoms with Gasteiger partial charge in [0.05, 0.1) is 39.6 Å². The minimum absolute atomic E-state index is 0.0931. The van der Waals surface area contributed by atoms with E-state index in [1.807, 2.05) is 64.1 Å². The molecule has 0 spiro atoms. The summed E-state index contributed by atoms with van der Waals surface area (Å²) in [6, 6.07) is 9.87. The first-order valence-electron chi connectivity index (χ1n) is 13.1. The largest absolute Gasteiger partial charge is 0.507 e. The molecule has 4 rings (SSSR count). The van der Waals surface area contributed by atoms with Crippen LogP contribution in [0.4, 0.5) is 0 Å². The van der Waals surface area contributed by atoms with Gasteiger partial charge in [0, 0.05) is 0 Å². The third-order valence-electron chi connectivity index (χ3n) is 6.64. The fourth-order valence-corrected chi connectivity index (χ4v) is 4.74. The van der Waals surface area contributed by atoms with Crippen molar-refractivity contribution in [2.45, 2.75) is 34.1 Å². The number of benzene rings is 2. The molecule has 2 aromatic rings. The van der Waals surface area contributed by atoms with Gasteiger partial charge in [-0.1, -0.05) is 12.1 Å². The van der Waals surface area contributed by atoms with Gasteiger partial charge in [-0.25, -0.2) is 0 Å². The Morgan fingerprint density at radius 1 is 0.711 bits per heavy atom. The minimum Gasteiger partial charge on any atom is -0.507 e. The van der Waals surface area contributed by atoms with Crippen LogP contribution in [0.1, 0.15) is 42.5 Å². The molecule has 0 saturated carbocycles. The van der Waals surface area contributed by atoms with Gasteiger partial charge < -0.3 is 28.8 Å². The third kappa shape index (κ3) is 6.78. The van der Waals surface area contributed by atoms with E-state index in [2.05, 4.69) is 0 Å². The van der Waals surface area contributed by atoms with Gasteiger partial charge in [-0.3, -0.25) is 5.11 Å². The Kier molecular flexibility index (Phi) is 9.50. The maximum atomic E-state index is 12.5. The van der Waals surface area contributed by atoms with Crippen LogP contribution in [-0.4, -0.2) is 58.0 Å². The molecule has 1 aliphatic heterocycles. The summed E-state index contributed by atoms with van der Waals surface area (Å²) in [5, 5.41) is 23.0. The van der Waals surface area contributed by atoms with Crippen molar-refractivity contribution in [1.82, 2.24) is 0 Å². The zero-order chi connectivity index (χ0) is 27.1. The van der Waals surface area contributed by atoms with Crippen molar-refractivity contribution in [1.29, 1.82) is 0 Å². The first-order valence-corrected chi connectivity index (χ1v) is 13.1. The van der Waals surface area contributed by atoms with Crippen LogP contribution in [-0.2, 0) is 19.3 Å². The van der Waals surface area contributed by atoms with Crippen LogP contribution < -0.4 is 9.47 Å². The lowest BCUT2D eigenvalue weighted by Gasteiger charge is -2.21. The molecule has 38 heavy (non-hydrogen) atoms. The Labute approximate surface area is 224 Å². The summed E-state index contributed by atoms with van der Waals surface area (Å²) in [7, 11) is 0. The summed E-state index contributed by atoms with van der Waals surface area (Å²) in [4.78, 5) is 0. The average Bonchev–Trinajstić information content (AvgIpc) is 2.90. The van der Waals surface area contributed by atoms with Crippen molar-refractivity contribution in [3.8, 4) is 17.2 Å². The maximum Gasteiger partial charge on any atom is 0.180 e. The van der Waals surface area contributed by atoms with Crippen LogP contribution in [0.25, 0.3) is 5.57 Å². The number of phenols is 1. The van der Waals surface area contributed by atoms with Crippen molar-refractivity contribution < 1.29 is 33.9 Å². The van der Waals surface area contributed by atoms with Crippen molar-refractivity contribution in [3.05, 3.63) is 81.1 Å². The lowest BCUT2D eigenvalue weighted by atomic mass is 9.85. The summed E-state index contributed by atoms with van der Waals surface area (Å²) in [5.41, 5.74) is 7.03. The first-order chi connectivity index (χ1) is 18.3. The van der Waals surface area contributed by atoms with Gasteiger partial charge in [-0.05, 0) is 103 Å². The molecule has 1 heterocycles. The molecule has 1 aliphatic carbocycles. The Hall–Kier alpha value is -3.26. The normalized spacial score (nSPS) is 19.3. The lowest BCUT2D eigenvalue weighted by Crippen LogP contribution is -2.13. The van der Waals surface area contributed by atoms with Gasteiger partial charge in [0.2, 0.25) is 0 Å². The number of rotatable bonds is 2. The van der Waals surface area contributed by atoms with E-state index >= 15 is 0 Å². The number of phenolic OH excluding ortho intramolecular Hbond substituents is 1. The van der Waals surface area contributed by atoms with Crippen molar-refractivity contribution >= 4 is 5.57 Å². The molecule has 0 bridgehead atoms. The number of allylic oxidation sites excluding steroid dienone is 4. The molecule has 1 radical (unpaired) electrons. The van der Waals surface area contributed by atoms with E-state index in [0.717, 1.165) is 39.0 Å². The Balaban J connectivity index is 1.77. The van der Waals surface area contributed by atoms with Crippen LogP contribution in [0.3, 0.4) is 0 Å². The number of hydrogen-bond acceptors (Lipinski definition) is 6. The molecule has 1 N–H and O–H groups in total. The molecule has 203 valence electrons. The van der Waals surface area contributed by atoms with Gasteiger partial charge >= 0.3 is 0 Å². The highest BCUT2D eigenvalue weighted by molar-refractivity contribution is 5.86. The van der Waals surface area contributed by atoms with E-state index in [0.29, 0.717) is 76.3 Å². The highest BCUT2D eigenvalue weighted by Gasteiger charge is 2.21. The summed E-state index contributed by atoms with van der Waals surface area (Å²) in [6.07, 6.45) is 2.52. The van der Waals surface area contributed by atoms with Gasteiger partial charge in [0.15, 0.2) is 17.3 Å². The van der Waals surface area contributed by atoms with Crippen LogP contribution in [0.15, 0.2) is 58.9 Å². The first kappa shape index (κ1) is 27.8. The fourth-order valence-electron chi connectivity index (χ4n) is 4.74. The molecule has 0 aromatic heterocycles. The maximum absolute atomic E-state index is 12.5. The van der Waals surface area contributed by atoms with Gasteiger partial charge in [-0.15, -0.1) is 0 Å². The monoisotopic (exact) mass is 521 g/mol. The van der Waals surface area contributed by atoms with Crippen LogP contribution >= 0.6 is 0 Å². The van der Waals surface area contributed by atoms with Gasteiger partial charge in [0.25, 0.3) is 0 Å². The smallest absolute Gasteiger partial charge is 0.180 e. The van der Waals surface area contributed by atoms with E-state index in [1.54, 1.807) is 0 Å². The molecule has 0 fully saturated rings. The molecule has 7 heteroatoms. The molecular weight excluding hydrogens is 484 g/mol. The second-order valence-corrected chi connectivity index (χ2v) is 9.67. The molecule has 0 unspecified atom stereocenters. The fraction of sp³-hybridized carbons (Fsp3) is 0.419. The van der Waals surface area contributed by atoms with Gasteiger partial charge in [0.1, 0.15) is 19.0 Å². The zero-order valence-electron chi connectivity index (χ0n) is 22.7. The molecule has 7 nitrogen and oxygen atoms in total. The molecular formula is C31H37O7. The van der Waals surface area contributed by atoms with Crippen LogP contribution in [0.5, 0.6) is 17.2 Å². The molecule has 0 saturated heterocycles. The number of aromatic hydroxyl groups is 1. The number of hydrogen-bond donors (Lipinski definition) is 1. The summed E-state index contributed by atoms with van der Waals surface area (Å²) in [6.45, 7) is 11.2. The second-order valence-electron chi connectivity index (χ2n) is 9.67. The van der Waals surface area contributed by atoms with E-state index in [9.17, 15) is 10.2 Å². The topological polar surface area (TPSA) is 86.3 Å². The average molecular weight is 522 g/mol. The van der Waals surface area contributed by atoms with Crippen LogP contribution in [0.2, 0.25) is 0 Å². The zero-order valence-corrected chi connectivity index (χ0v) is 22.7. The van der Waals surface area contributed by atoms with Crippen LogP contribution in [0, 0.1) is 13.8 Å². The molecule has 2 aromatic carbocycles. The Morgan fingerprint density at radius 2 is 1.26 bits per heavy atom. The van der Waals surface area contributed by atoms with E-state index in [-0.39, 0.29) is 11.5 Å². The number of aryl methyl sites for hydroxylation is 2. The van der Waals surface area contributed by atoms with Crippen molar-refractivity contribution in [2.24, 2.45) is 0 Å². The summed E-state index contributed by atoms with van der Waals surface area (Å²) < 4.78 is 28.8. The second kappa shape index (κ2) is 13.0. The summed E-state index contributed by atoms with van der Waals surface area (Å²) in [5.74, 6) is 1.61. The lowest BCUT2D eigenvalue weighted by molar-refractivity contribution is 0.00708. The SMILES string of the molecule is CC1=CC(=C(c2cc(C)c(O)c(C)c2)c2ccc3c(c2)OCCOCCOCCOCCO3)CC(C)=C1[O]. The Morgan fingerprint density at radius 3 is 1.84 bits per heavy atom. The molecule has 2 aliphatic rings. The predicted octanol–water partition coefficient (Wildman–Crippen LogP) is 5.69. The van der Waals surface area contributed by atoms with Gasteiger partial charge in [-0.2, -0.15) is 0 Å². The summed E-state index contributed by atoms with van der Waals surface area (Å²) >= 11 is 0. The Bertz CT molecular complexity index is 1220. The van der Waals surface area contributed by atoms with E-state index in [1.165, 1.54) is 0 Å². The minimum atomic E-state index is 0.0931. The van der Waals surface area contributed by atoms with Crippen molar-refractivity contribution in [2.75, 3.05) is 52.9 Å². The molecule has 0 amide bonds. The van der Waals surface area contributed by atoms with Crippen molar-refractivity contribution in [3.63, 3.8) is 0 Å². The van der Waals surface area contributed by atoms with E-state index < -0.39 is 0 Å². The number of fused-ring (bicyclic) bond motifs is 1. The predicted molar refractivity (Wildman–Crippen MR) is 145 cm³/mol. The third-order valence-corrected chi connectivity index (χ3v) is 6.64. The quantitative estimate of drug-likeness (QED) is 0.547. The highest BCUT2D eigenvalue weighted by atomic mass is 16.6. The van der Waals surface area contributed by atoms with E-state index in [4.69, 9.17) is 23.7 Å². The standard InChI is InChI=1S/C31H37O7/c1-20-15-25(16-21(2)30(20)32)29(26-17-22(3)31(33)23(4)18-26)24-5-6-27-28(19-24)38-14-12-36-10-8-34-7-9-35-11-13-37-27/h5-6,15-17,19,32H,7-14,18H2,1-4H3. The highest BCUT2D eigenvalue weighted by Crippen LogP contribution is 2.40. The molecule has 0 atom stereocenters.